The average molecular weight is 611 g/mol. The lowest BCUT2D eigenvalue weighted by Crippen LogP contribution is -2.40. The van der Waals surface area contributed by atoms with Crippen molar-refractivity contribution in [3.63, 3.8) is 0 Å². The lowest BCUT2D eigenvalue weighted by Gasteiger charge is -2.28. The standard InChI is InChI=1S/C29H29Cl2N7O4/c1-37(2)13-6-12-24(39)33-19-8-3-7-18(15-19)29(42)38-14-5-9-20(17-38)34-28(41)26-23(16-32-36-26)35-27(40)25-21(30)10-4-11-22(25)31/h3-4,6-8,10-12,15-16H,5,9,13-14,17H2,1-2H3,(H,32,36)(H,33,39)(H,35,40)/b12-6+,34-20?. The van der Waals surface area contributed by atoms with Gasteiger partial charge in [-0.25, -0.2) is 4.99 Å². The van der Waals surface area contributed by atoms with Crippen LogP contribution in [0.15, 0.2) is 65.8 Å². The van der Waals surface area contributed by atoms with E-state index in [1.165, 1.54) is 24.4 Å². The molecule has 2 heterocycles. The molecule has 0 spiro atoms. The summed E-state index contributed by atoms with van der Waals surface area (Å²) in [7, 11) is 3.80. The molecule has 1 fully saturated rings. The van der Waals surface area contributed by atoms with Gasteiger partial charge in [-0.1, -0.05) is 41.4 Å². The van der Waals surface area contributed by atoms with Crippen LogP contribution in [0.3, 0.4) is 0 Å². The summed E-state index contributed by atoms with van der Waals surface area (Å²) in [6.07, 6.45) is 5.62. The van der Waals surface area contributed by atoms with E-state index in [-0.39, 0.29) is 45.3 Å². The minimum atomic E-state index is -0.649. The number of aromatic nitrogens is 2. The average Bonchev–Trinajstić information content (AvgIpc) is 3.41. The van der Waals surface area contributed by atoms with E-state index in [4.69, 9.17) is 23.2 Å². The molecule has 1 saturated heterocycles. The van der Waals surface area contributed by atoms with Gasteiger partial charge in [-0.05, 0) is 57.3 Å². The Kier molecular flexibility index (Phi) is 10.2. The Balaban J connectivity index is 1.42. The quantitative estimate of drug-likeness (QED) is 0.320. The number of anilines is 2. The third-order valence-electron chi connectivity index (χ3n) is 6.22. The van der Waals surface area contributed by atoms with E-state index < -0.39 is 11.8 Å². The molecule has 0 atom stereocenters. The molecule has 4 amide bonds. The lowest BCUT2D eigenvalue weighted by atomic mass is 10.1. The maximum atomic E-state index is 13.3. The Morgan fingerprint density at radius 1 is 1.10 bits per heavy atom. The molecule has 3 aromatic rings. The summed E-state index contributed by atoms with van der Waals surface area (Å²) in [6.45, 7) is 1.26. The first kappa shape index (κ1) is 30.6. The number of aromatic amines is 1. The summed E-state index contributed by atoms with van der Waals surface area (Å²) >= 11 is 12.3. The normalized spacial score (nSPS) is 14.4. The fourth-order valence-electron chi connectivity index (χ4n) is 4.23. The molecule has 0 saturated carbocycles. The van der Waals surface area contributed by atoms with Crippen molar-refractivity contribution in [1.29, 1.82) is 0 Å². The molecular formula is C29H29Cl2N7O4. The molecule has 42 heavy (non-hydrogen) atoms. The van der Waals surface area contributed by atoms with E-state index in [1.807, 2.05) is 19.0 Å². The summed E-state index contributed by atoms with van der Waals surface area (Å²) in [6, 6.07) is 11.4. The van der Waals surface area contributed by atoms with Crippen LogP contribution in [0, 0.1) is 0 Å². The highest BCUT2D eigenvalue weighted by atomic mass is 35.5. The van der Waals surface area contributed by atoms with Gasteiger partial charge in [-0.15, -0.1) is 0 Å². The Hall–Kier alpha value is -4.32. The number of rotatable bonds is 8. The van der Waals surface area contributed by atoms with Crippen molar-refractivity contribution in [2.24, 2.45) is 4.99 Å². The number of aliphatic imine (C=N–C) groups is 1. The number of likely N-dealkylation sites (N-methyl/N-ethyl adjacent to an activating group) is 1. The number of carbonyl (C=O) groups is 4. The Labute approximate surface area is 252 Å². The molecule has 2 aromatic carbocycles. The summed E-state index contributed by atoms with van der Waals surface area (Å²) in [4.78, 5) is 59.1. The van der Waals surface area contributed by atoms with Crippen molar-refractivity contribution in [2.75, 3.05) is 44.4 Å². The number of likely N-dealkylation sites (tertiary alicyclic amines) is 1. The smallest absolute Gasteiger partial charge is 0.297 e. The Bertz CT molecular complexity index is 1540. The van der Waals surface area contributed by atoms with Crippen LogP contribution in [-0.4, -0.2) is 83.1 Å². The zero-order valence-electron chi connectivity index (χ0n) is 23.0. The van der Waals surface area contributed by atoms with E-state index >= 15 is 0 Å². The van der Waals surface area contributed by atoms with Crippen molar-refractivity contribution in [3.05, 3.63) is 87.7 Å². The first-order valence-electron chi connectivity index (χ1n) is 13.0. The molecule has 0 unspecified atom stereocenters. The van der Waals surface area contributed by atoms with Crippen LogP contribution in [-0.2, 0) is 4.79 Å². The van der Waals surface area contributed by atoms with E-state index in [0.717, 1.165) is 0 Å². The molecule has 218 valence electrons. The van der Waals surface area contributed by atoms with Gasteiger partial charge in [-0.2, -0.15) is 5.10 Å². The molecule has 0 radical (unpaired) electrons. The monoisotopic (exact) mass is 609 g/mol. The van der Waals surface area contributed by atoms with E-state index in [2.05, 4.69) is 25.8 Å². The summed E-state index contributed by atoms with van der Waals surface area (Å²) in [5, 5.41) is 12.1. The van der Waals surface area contributed by atoms with Crippen LogP contribution < -0.4 is 10.6 Å². The van der Waals surface area contributed by atoms with Gasteiger partial charge in [0.25, 0.3) is 17.7 Å². The van der Waals surface area contributed by atoms with Crippen LogP contribution in [0.25, 0.3) is 0 Å². The van der Waals surface area contributed by atoms with Gasteiger partial charge in [0.1, 0.15) is 5.69 Å². The maximum Gasteiger partial charge on any atom is 0.297 e. The number of nitrogens with zero attached hydrogens (tertiary/aromatic N) is 4. The number of H-pyrrole nitrogens is 1. The van der Waals surface area contributed by atoms with Crippen LogP contribution in [0.5, 0.6) is 0 Å². The van der Waals surface area contributed by atoms with Crippen LogP contribution in [0.2, 0.25) is 10.0 Å². The minimum Gasteiger partial charge on any atom is -0.333 e. The third-order valence-corrected chi connectivity index (χ3v) is 6.85. The zero-order valence-corrected chi connectivity index (χ0v) is 24.5. The third kappa shape index (κ3) is 7.90. The summed E-state index contributed by atoms with van der Waals surface area (Å²) in [5.74, 6) is -1.80. The van der Waals surface area contributed by atoms with Crippen molar-refractivity contribution in [1.82, 2.24) is 20.0 Å². The van der Waals surface area contributed by atoms with Crippen molar-refractivity contribution in [2.45, 2.75) is 12.8 Å². The van der Waals surface area contributed by atoms with Gasteiger partial charge in [0.05, 0.1) is 34.0 Å². The zero-order chi connectivity index (χ0) is 30.2. The minimum absolute atomic E-state index is 0.0226. The first-order valence-corrected chi connectivity index (χ1v) is 13.8. The molecule has 4 rings (SSSR count). The number of piperidine rings is 1. The fourth-order valence-corrected chi connectivity index (χ4v) is 4.80. The highest BCUT2D eigenvalue weighted by Gasteiger charge is 2.24. The number of nitrogens with one attached hydrogen (secondary N) is 3. The predicted octanol–water partition coefficient (Wildman–Crippen LogP) is 4.54. The van der Waals surface area contributed by atoms with E-state index in [0.29, 0.717) is 42.9 Å². The SMILES string of the molecule is CN(C)C/C=C/C(=O)Nc1cccc(C(=O)N2CCCC(=NC(=O)c3[nH]ncc3NC(=O)c3c(Cl)cccc3Cl)C2)c1. The number of amides is 4. The number of halogens is 2. The summed E-state index contributed by atoms with van der Waals surface area (Å²) < 4.78 is 0. The van der Waals surface area contributed by atoms with Gasteiger partial charge >= 0.3 is 0 Å². The second-order valence-corrected chi connectivity index (χ2v) is 10.6. The Morgan fingerprint density at radius 2 is 1.83 bits per heavy atom. The highest BCUT2D eigenvalue weighted by molar-refractivity contribution is 6.40. The lowest BCUT2D eigenvalue weighted by molar-refractivity contribution is -0.111. The molecular weight excluding hydrogens is 581 g/mol. The van der Waals surface area contributed by atoms with Crippen LogP contribution in [0.4, 0.5) is 11.4 Å². The van der Waals surface area contributed by atoms with Gasteiger partial charge in [0.2, 0.25) is 5.91 Å². The highest BCUT2D eigenvalue weighted by Crippen LogP contribution is 2.26. The molecule has 3 N–H and O–H groups in total. The van der Waals surface area contributed by atoms with Crippen molar-refractivity contribution < 1.29 is 19.2 Å². The molecule has 1 aliphatic rings. The molecule has 0 aliphatic carbocycles. The van der Waals surface area contributed by atoms with Gasteiger partial charge < -0.3 is 20.4 Å². The van der Waals surface area contributed by atoms with Crippen LogP contribution >= 0.6 is 23.2 Å². The van der Waals surface area contributed by atoms with Crippen LogP contribution in [0.1, 0.15) is 44.0 Å². The number of benzene rings is 2. The number of hydrogen-bond donors (Lipinski definition) is 3. The maximum absolute atomic E-state index is 13.3. The molecule has 1 aromatic heterocycles. The number of carbonyl (C=O) groups excluding carboxylic acids is 4. The van der Waals surface area contributed by atoms with Gasteiger partial charge in [0.15, 0.2) is 0 Å². The molecule has 0 bridgehead atoms. The first-order chi connectivity index (χ1) is 20.1. The molecule has 13 heteroatoms. The van der Waals surface area contributed by atoms with Gasteiger partial charge in [-0.3, -0.25) is 24.3 Å². The largest absolute Gasteiger partial charge is 0.333 e. The second kappa shape index (κ2) is 14.0. The molecule has 1 aliphatic heterocycles. The molecule has 11 nitrogen and oxygen atoms in total. The van der Waals surface area contributed by atoms with Gasteiger partial charge in [0, 0.05) is 36.1 Å². The summed E-state index contributed by atoms with van der Waals surface area (Å²) in [5.41, 5.74) is 1.56. The fraction of sp³-hybridized carbons (Fsp3) is 0.241. The topological polar surface area (TPSA) is 140 Å². The predicted molar refractivity (Wildman–Crippen MR) is 163 cm³/mol. The number of hydrogen-bond acceptors (Lipinski definition) is 6. The van der Waals surface area contributed by atoms with Crippen molar-refractivity contribution in [3.8, 4) is 0 Å². The Morgan fingerprint density at radius 3 is 2.57 bits per heavy atom. The van der Waals surface area contributed by atoms with Crippen molar-refractivity contribution >= 4 is 63.9 Å². The van der Waals surface area contributed by atoms with E-state index in [9.17, 15) is 19.2 Å². The van der Waals surface area contributed by atoms with E-state index in [1.54, 1.807) is 41.3 Å². The second-order valence-electron chi connectivity index (χ2n) is 9.76.